The van der Waals surface area contributed by atoms with Crippen molar-refractivity contribution in [2.24, 2.45) is 0 Å². The summed E-state index contributed by atoms with van der Waals surface area (Å²) < 4.78 is 0. The maximum Gasteiger partial charge on any atom is 0.254 e. The van der Waals surface area contributed by atoms with Crippen molar-refractivity contribution >= 4 is 5.82 Å². The number of nitrogens with one attached hydrogen (secondary N) is 1. The number of nitrogens with zero attached hydrogens (tertiary/aromatic N) is 4. The molecular weight excluding hydrogens is 330 g/mol. The van der Waals surface area contributed by atoms with Crippen LogP contribution in [0.5, 0.6) is 0 Å². The number of piperidine rings is 1. The molecule has 1 fully saturated rings. The Labute approximate surface area is 153 Å². The number of aryl methyl sites for hydroxylation is 1. The fraction of sp³-hybridized carbons (Fsp3) is 0.526. The lowest BCUT2D eigenvalue weighted by atomic mass is 10.0. The lowest BCUT2D eigenvalue weighted by Crippen LogP contribution is -2.44. The van der Waals surface area contributed by atoms with Crippen molar-refractivity contribution in [2.45, 2.75) is 32.7 Å². The molecule has 0 aliphatic carbocycles. The van der Waals surface area contributed by atoms with E-state index in [0.717, 1.165) is 49.6 Å². The number of hydrogen-bond donors (Lipinski definition) is 2. The summed E-state index contributed by atoms with van der Waals surface area (Å²) in [6.45, 7) is 6.44. The molecule has 0 radical (unpaired) electrons. The Bertz CT molecular complexity index is 795. The first-order valence-electron chi connectivity index (χ1n) is 9.09. The van der Waals surface area contributed by atoms with Gasteiger partial charge in [-0.05, 0) is 45.9 Å². The van der Waals surface area contributed by atoms with Crippen molar-refractivity contribution in [3.63, 3.8) is 0 Å². The number of aromatic nitrogens is 3. The van der Waals surface area contributed by atoms with Gasteiger partial charge in [-0.3, -0.25) is 4.79 Å². The van der Waals surface area contributed by atoms with Crippen molar-refractivity contribution in [3.8, 4) is 11.4 Å². The van der Waals surface area contributed by atoms with Gasteiger partial charge in [0, 0.05) is 48.7 Å². The number of likely N-dealkylation sites (N-methyl/N-ethyl adjacent to an activating group) is 1. The van der Waals surface area contributed by atoms with Gasteiger partial charge in [-0.15, -0.1) is 0 Å². The zero-order chi connectivity index (χ0) is 18.7. The first-order valence-corrected chi connectivity index (χ1v) is 9.09. The fourth-order valence-electron chi connectivity index (χ4n) is 3.37. The fourth-order valence-corrected chi connectivity index (χ4v) is 3.37. The van der Waals surface area contributed by atoms with Gasteiger partial charge < -0.3 is 19.9 Å². The van der Waals surface area contributed by atoms with E-state index >= 15 is 0 Å². The number of H-pyrrole nitrogens is 1. The standard InChI is InChI=1S/C19H27N5O2/c1-13-14(2)21-18(22-19(13)26)15-4-5-17(20-12-15)24-8-6-16(7-9-24)23(3)10-11-25/h4-5,12,16,25H,6-11H2,1-3H3,(H,21,22,26). The van der Waals surface area contributed by atoms with Crippen LogP contribution in [0, 0.1) is 13.8 Å². The van der Waals surface area contributed by atoms with E-state index < -0.39 is 0 Å². The van der Waals surface area contributed by atoms with Gasteiger partial charge >= 0.3 is 0 Å². The maximum absolute atomic E-state index is 11.9. The number of aliphatic hydroxyl groups excluding tert-OH is 1. The second-order valence-electron chi connectivity index (χ2n) is 6.95. The summed E-state index contributed by atoms with van der Waals surface area (Å²) in [5.74, 6) is 1.50. The van der Waals surface area contributed by atoms with Gasteiger partial charge in [0.05, 0.1) is 6.61 Å². The number of pyridine rings is 1. The predicted molar refractivity (Wildman–Crippen MR) is 103 cm³/mol. The van der Waals surface area contributed by atoms with Crippen LogP contribution in [-0.4, -0.2) is 64.3 Å². The number of rotatable bonds is 5. The normalized spacial score (nSPS) is 15.7. The molecule has 0 bridgehead atoms. The topological polar surface area (TPSA) is 85.3 Å². The molecule has 0 atom stereocenters. The molecule has 0 aromatic carbocycles. The molecule has 2 aromatic rings. The van der Waals surface area contributed by atoms with E-state index in [0.29, 0.717) is 17.4 Å². The van der Waals surface area contributed by atoms with E-state index in [-0.39, 0.29) is 12.2 Å². The maximum atomic E-state index is 11.9. The minimum atomic E-state index is -0.106. The summed E-state index contributed by atoms with van der Waals surface area (Å²) in [5, 5.41) is 9.08. The summed E-state index contributed by atoms with van der Waals surface area (Å²) in [4.78, 5) is 28.3. The number of hydrogen-bond acceptors (Lipinski definition) is 6. The lowest BCUT2D eigenvalue weighted by Gasteiger charge is -2.37. The number of anilines is 1. The molecule has 26 heavy (non-hydrogen) atoms. The smallest absolute Gasteiger partial charge is 0.254 e. The molecule has 140 valence electrons. The monoisotopic (exact) mass is 357 g/mol. The molecule has 1 aliphatic rings. The summed E-state index contributed by atoms with van der Waals surface area (Å²) in [7, 11) is 2.07. The Hall–Kier alpha value is -2.25. The van der Waals surface area contributed by atoms with Crippen molar-refractivity contribution in [3.05, 3.63) is 39.9 Å². The average molecular weight is 357 g/mol. The minimum absolute atomic E-state index is 0.106. The van der Waals surface area contributed by atoms with Gasteiger partial charge in [0.15, 0.2) is 0 Å². The Morgan fingerprint density at radius 2 is 2.04 bits per heavy atom. The van der Waals surface area contributed by atoms with Crippen LogP contribution in [0.2, 0.25) is 0 Å². The molecule has 0 saturated carbocycles. The average Bonchev–Trinajstić information content (AvgIpc) is 2.66. The van der Waals surface area contributed by atoms with Crippen molar-refractivity contribution < 1.29 is 5.11 Å². The van der Waals surface area contributed by atoms with Gasteiger partial charge in [0.25, 0.3) is 5.56 Å². The van der Waals surface area contributed by atoms with E-state index in [1.165, 1.54) is 0 Å². The first-order chi connectivity index (χ1) is 12.5. The van der Waals surface area contributed by atoms with Crippen molar-refractivity contribution in [1.29, 1.82) is 0 Å². The molecule has 0 amide bonds. The van der Waals surface area contributed by atoms with E-state index in [4.69, 9.17) is 5.11 Å². The van der Waals surface area contributed by atoms with Crippen LogP contribution in [0.4, 0.5) is 5.82 Å². The summed E-state index contributed by atoms with van der Waals surface area (Å²) in [6.07, 6.45) is 3.89. The van der Waals surface area contributed by atoms with Crippen LogP contribution in [0.3, 0.4) is 0 Å². The highest BCUT2D eigenvalue weighted by atomic mass is 16.3. The molecule has 3 rings (SSSR count). The molecule has 0 spiro atoms. The van der Waals surface area contributed by atoms with Crippen LogP contribution in [0.1, 0.15) is 24.1 Å². The van der Waals surface area contributed by atoms with Gasteiger partial charge in [0.1, 0.15) is 11.6 Å². The molecule has 7 nitrogen and oxygen atoms in total. The third-order valence-electron chi connectivity index (χ3n) is 5.28. The van der Waals surface area contributed by atoms with Crippen LogP contribution in [0.25, 0.3) is 11.4 Å². The molecule has 7 heteroatoms. The predicted octanol–water partition coefficient (Wildman–Crippen LogP) is 1.34. The highest BCUT2D eigenvalue weighted by Gasteiger charge is 2.22. The van der Waals surface area contributed by atoms with Crippen LogP contribution < -0.4 is 10.5 Å². The molecule has 3 heterocycles. The second kappa shape index (κ2) is 7.97. The van der Waals surface area contributed by atoms with Crippen LogP contribution in [0.15, 0.2) is 23.1 Å². The van der Waals surface area contributed by atoms with Crippen LogP contribution in [-0.2, 0) is 0 Å². The highest BCUT2D eigenvalue weighted by molar-refractivity contribution is 5.56. The van der Waals surface area contributed by atoms with Crippen LogP contribution >= 0.6 is 0 Å². The molecular formula is C19H27N5O2. The first kappa shape index (κ1) is 18.5. The molecule has 1 saturated heterocycles. The van der Waals surface area contributed by atoms with E-state index in [1.54, 1.807) is 13.1 Å². The zero-order valence-electron chi connectivity index (χ0n) is 15.7. The van der Waals surface area contributed by atoms with E-state index in [9.17, 15) is 4.79 Å². The third kappa shape index (κ3) is 3.94. The molecule has 0 unspecified atom stereocenters. The Balaban J connectivity index is 1.68. The summed E-state index contributed by atoms with van der Waals surface area (Å²) >= 11 is 0. The van der Waals surface area contributed by atoms with E-state index in [1.807, 2.05) is 19.1 Å². The summed E-state index contributed by atoms with van der Waals surface area (Å²) in [6, 6.07) is 4.46. The SMILES string of the molecule is Cc1nc(-c2ccc(N3CCC(N(C)CCO)CC3)nc2)[nH]c(=O)c1C. The third-order valence-corrected chi connectivity index (χ3v) is 5.28. The summed E-state index contributed by atoms with van der Waals surface area (Å²) in [5.41, 5.74) is 2.09. The molecule has 1 aliphatic heterocycles. The van der Waals surface area contributed by atoms with Gasteiger partial charge in [-0.1, -0.05) is 0 Å². The molecule has 2 aromatic heterocycles. The number of aromatic amines is 1. The molecule has 2 N–H and O–H groups in total. The van der Waals surface area contributed by atoms with Gasteiger partial charge in [0.2, 0.25) is 0 Å². The highest BCUT2D eigenvalue weighted by Crippen LogP contribution is 2.22. The number of aliphatic hydroxyl groups is 1. The largest absolute Gasteiger partial charge is 0.395 e. The quantitative estimate of drug-likeness (QED) is 0.840. The van der Waals surface area contributed by atoms with Crippen molar-refractivity contribution in [1.82, 2.24) is 19.9 Å². The second-order valence-corrected chi connectivity index (χ2v) is 6.95. The Kier molecular flexibility index (Phi) is 5.68. The van der Waals surface area contributed by atoms with Crippen molar-refractivity contribution in [2.75, 3.05) is 38.2 Å². The Morgan fingerprint density at radius 1 is 1.31 bits per heavy atom. The minimum Gasteiger partial charge on any atom is -0.395 e. The Morgan fingerprint density at radius 3 is 2.62 bits per heavy atom. The van der Waals surface area contributed by atoms with E-state index in [2.05, 4.69) is 31.8 Å². The zero-order valence-corrected chi connectivity index (χ0v) is 15.7. The van der Waals surface area contributed by atoms with Gasteiger partial charge in [-0.2, -0.15) is 0 Å². The lowest BCUT2D eigenvalue weighted by molar-refractivity contribution is 0.161. The van der Waals surface area contributed by atoms with Gasteiger partial charge in [-0.25, -0.2) is 9.97 Å².